The lowest BCUT2D eigenvalue weighted by Crippen LogP contribution is -2.30. The lowest BCUT2D eigenvalue weighted by molar-refractivity contribution is -0.384. The molecule has 2 aliphatic rings. The van der Waals surface area contributed by atoms with Gasteiger partial charge in [0.05, 0.1) is 16.2 Å². The second-order valence-electron chi connectivity index (χ2n) is 7.60. The zero-order chi connectivity index (χ0) is 21.0. The summed E-state index contributed by atoms with van der Waals surface area (Å²) in [5.41, 5.74) is 2.24. The summed E-state index contributed by atoms with van der Waals surface area (Å²) < 4.78 is 1.36. The summed E-state index contributed by atoms with van der Waals surface area (Å²) in [6.45, 7) is 1.88. The van der Waals surface area contributed by atoms with Gasteiger partial charge < -0.3 is 5.32 Å². The van der Waals surface area contributed by atoms with E-state index in [1.807, 2.05) is 18.4 Å². The van der Waals surface area contributed by atoms with Crippen molar-refractivity contribution in [2.24, 2.45) is 0 Å². The average molecular weight is 422 g/mol. The first kappa shape index (κ1) is 18.6. The third-order valence-electron chi connectivity index (χ3n) is 5.84. The molecule has 3 heterocycles. The molecule has 0 radical (unpaired) electrons. The van der Waals surface area contributed by atoms with Crippen LogP contribution in [0.4, 0.5) is 11.5 Å². The Kier molecular flexibility index (Phi) is 4.21. The van der Waals surface area contributed by atoms with Gasteiger partial charge in [0.2, 0.25) is 0 Å². The topological polar surface area (TPSA) is 110 Å². The number of non-ortho nitro benzene ring substituents is 1. The third-order valence-corrected chi connectivity index (χ3v) is 6.88. The number of nitro groups is 1. The summed E-state index contributed by atoms with van der Waals surface area (Å²) >= 11 is 1.65. The highest BCUT2D eigenvalue weighted by Crippen LogP contribution is 2.44. The number of H-pyrrole nitrogens is 1. The van der Waals surface area contributed by atoms with Crippen LogP contribution in [-0.4, -0.2) is 20.5 Å². The van der Waals surface area contributed by atoms with Crippen LogP contribution in [0.2, 0.25) is 0 Å². The highest BCUT2D eigenvalue weighted by molar-refractivity contribution is 7.10. The summed E-state index contributed by atoms with van der Waals surface area (Å²) in [6, 6.07) is 9.81. The molecule has 0 saturated carbocycles. The van der Waals surface area contributed by atoms with Crippen LogP contribution < -0.4 is 10.9 Å². The van der Waals surface area contributed by atoms with Gasteiger partial charge in [-0.2, -0.15) is 0 Å². The van der Waals surface area contributed by atoms with E-state index in [-0.39, 0.29) is 28.9 Å². The molecule has 3 aromatic rings. The number of thiophene rings is 1. The van der Waals surface area contributed by atoms with E-state index in [4.69, 9.17) is 0 Å². The van der Waals surface area contributed by atoms with E-state index >= 15 is 0 Å². The molecule has 152 valence electrons. The number of carbonyl (C=O) groups excluding carboxylic acids is 1. The number of Topliss-reactive ketones (excluding diaryl/α,β-unsaturated/α-hetero) is 1. The quantitative estimate of drug-likeness (QED) is 0.488. The normalized spacial score (nSPS) is 20.5. The molecule has 0 unspecified atom stereocenters. The van der Waals surface area contributed by atoms with Crippen molar-refractivity contribution in [2.45, 2.75) is 31.6 Å². The predicted molar refractivity (Wildman–Crippen MR) is 113 cm³/mol. The lowest BCUT2D eigenvalue weighted by atomic mass is 9.77. The van der Waals surface area contributed by atoms with Crippen LogP contribution in [0.5, 0.6) is 0 Å². The molecule has 8 nitrogen and oxygen atoms in total. The summed E-state index contributed by atoms with van der Waals surface area (Å²) in [7, 11) is 0. The van der Waals surface area contributed by atoms with E-state index in [0.717, 1.165) is 12.1 Å². The molecule has 0 spiro atoms. The Morgan fingerprint density at radius 2 is 1.93 bits per heavy atom. The van der Waals surface area contributed by atoms with E-state index in [2.05, 4.69) is 16.5 Å². The number of allylic oxidation sites excluding steroid dienone is 2. The highest BCUT2D eigenvalue weighted by atomic mass is 32.1. The van der Waals surface area contributed by atoms with Gasteiger partial charge in [0.15, 0.2) is 5.78 Å². The maximum atomic E-state index is 13.1. The van der Waals surface area contributed by atoms with Gasteiger partial charge in [-0.05, 0) is 30.0 Å². The minimum absolute atomic E-state index is 0.0445. The molecule has 0 amide bonds. The zero-order valence-electron chi connectivity index (χ0n) is 16.0. The van der Waals surface area contributed by atoms with Crippen molar-refractivity contribution >= 4 is 28.6 Å². The molecule has 0 saturated heterocycles. The van der Waals surface area contributed by atoms with Crippen molar-refractivity contribution in [3.8, 4) is 5.69 Å². The minimum atomic E-state index is -0.483. The summed E-state index contributed by atoms with van der Waals surface area (Å²) in [5, 5.41) is 19.3. The molecule has 0 bridgehead atoms. The molecule has 1 aliphatic carbocycles. The van der Waals surface area contributed by atoms with Gasteiger partial charge in [0.25, 0.3) is 11.2 Å². The maximum absolute atomic E-state index is 13.1. The van der Waals surface area contributed by atoms with Crippen LogP contribution in [0.15, 0.2) is 57.8 Å². The van der Waals surface area contributed by atoms with Crippen molar-refractivity contribution in [1.82, 2.24) is 9.78 Å². The molecule has 5 rings (SSSR count). The average Bonchev–Trinajstić information content (AvgIpc) is 3.36. The molecule has 2 N–H and O–H groups in total. The predicted octanol–water partition coefficient (Wildman–Crippen LogP) is 4.07. The molecule has 9 heteroatoms. The first-order chi connectivity index (χ1) is 14.4. The van der Waals surface area contributed by atoms with Crippen molar-refractivity contribution in [3.05, 3.63) is 84.0 Å². The number of benzene rings is 1. The lowest BCUT2D eigenvalue weighted by Gasteiger charge is -2.32. The largest absolute Gasteiger partial charge is 0.343 e. The van der Waals surface area contributed by atoms with Gasteiger partial charge in [-0.15, -0.1) is 11.3 Å². The molecule has 0 fully saturated rings. The van der Waals surface area contributed by atoms with Crippen LogP contribution >= 0.6 is 11.3 Å². The van der Waals surface area contributed by atoms with Gasteiger partial charge in [-0.1, -0.05) is 13.0 Å². The van der Waals surface area contributed by atoms with Gasteiger partial charge in [-0.25, -0.2) is 4.68 Å². The molecule has 1 aliphatic heterocycles. The molecule has 1 aromatic carbocycles. The van der Waals surface area contributed by atoms with Crippen molar-refractivity contribution in [2.75, 3.05) is 5.32 Å². The van der Waals surface area contributed by atoms with Crippen molar-refractivity contribution in [3.63, 3.8) is 0 Å². The number of hydrogen-bond donors (Lipinski definition) is 2. The smallest absolute Gasteiger partial charge is 0.277 e. The van der Waals surface area contributed by atoms with E-state index in [1.54, 1.807) is 11.3 Å². The van der Waals surface area contributed by atoms with Crippen LogP contribution in [0, 0.1) is 10.1 Å². The Morgan fingerprint density at radius 1 is 1.17 bits per heavy atom. The summed E-state index contributed by atoms with van der Waals surface area (Å²) in [5.74, 6) is 0.462. The van der Waals surface area contributed by atoms with Gasteiger partial charge in [0.1, 0.15) is 5.82 Å². The fraction of sp³-hybridized carbons (Fsp3) is 0.238. The Hall–Kier alpha value is -3.46. The van der Waals surface area contributed by atoms with Crippen LogP contribution in [-0.2, 0) is 4.79 Å². The first-order valence-corrected chi connectivity index (χ1v) is 10.5. The maximum Gasteiger partial charge on any atom is 0.277 e. The SMILES string of the molecule is C[C@H]1C2=C(C[C@H](c3cccs3)CC2=O)Nc2[nH]n(-c3ccc([N+](=O)[O-])cc3)c(=O)c21. The number of hydrogen-bond acceptors (Lipinski definition) is 6. The number of ketones is 1. The van der Waals surface area contributed by atoms with E-state index in [1.165, 1.54) is 33.8 Å². The number of nitro benzene ring substituents is 1. The van der Waals surface area contributed by atoms with Crippen LogP contribution in [0.3, 0.4) is 0 Å². The number of fused-ring (bicyclic) bond motifs is 1. The summed E-state index contributed by atoms with van der Waals surface area (Å²) in [6.07, 6.45) is 1.16. The second kappa shape index (κ2) is 6.81. The number of aromatic amines is 1. The number of carbonyl (C=O) groups is 1. The molecular formula is C21H18N4O4S. The molecular weight excluding hydrogens is 404 g/mol. The third kappa shape index (κ3) is 2.81. The number of nitrogens with one attached hydrogen (secondary N) is 2. The first-order valence-electron chi connectivity index (χ1n) is 9.60. The standard InChI is InChI=1S/C21H18N4O4S/c1-11-18-15(9-12(10-16(18)26)17-3-2-8-30-17)22-20-19(11)21(27)24(23-20)13-4-6-14(7-5-13)25(28)29/h2-8,11-12,22-23H,9-10H2,1H3/t11-,12-/m0/s1. The number of aromatic nitrogens is 2. The molecule has 30 heavy (non-hydrogen) atoms. The zero-order valence-corrected chi connectivity index (χ0v) is 16.9. The number of nitrogens with zero attached hydrogens (tertiary/aromatic N) is 2. The second-order valence-corrected chi connectivity index (χ2v) is 8.58. The van der Waals surface area contributed by atoms with Crippen molar-refractivity contribution in [1.29, 1.82) is 0 Å². The Labute approximate surface area is 175 Å². The molecule has 2 aromatic heterocycles. The van der Waals surface area contributed by atoms with Gasteiger partial charge >= 0.3 is 0 Å². The number of anilines is 1. The Morgan fingerprint density at radius 3 is 2.60 bits per heavy atom. The fourth-order valence-electron chi connectivity index (χ4n) is 4.42. The summed E-state index contributed by atoms with van der Waals surface area (Å²) in [4.78, 5) is 37.7. The Bertz CT molecular complexity index is 1250. The van der Waals surface area contributed by atoms with Gasteiger partial charge in [-0.3, -0.25) is 24.8 Å². The fourth-order valence-corrected chi connectivity index (χ4v) is 5.25. The minimum Gasteiger partial charge on any atom is -0.343 e. The van der Waals surface area contributed by atoms with E-state index in [0.29, 0.717) is 29.1 Å². The Balaban J connectivity index is 1.52. The van der Waals surface area contributed by atoms with Gasteiger partial charge in [0, 0.05) is 46.5 Å². The highest BCUT2D eigenvalue weighted by Gasteiger charge is 2.38. The van der Waals surface area contributed by atoms with Crippen molar-refractivity contribution < 1.29 is 9.72 Å². The van der Waals surface area contributed by atoms with Crippen LogP contribution in [0.1, 0.15) is 42.0 Å². The molecule has 2 atom stereocenters. The van der Waals surface area contributed by atoms with E-state index < -0.39 is 4.92 Å². The monoisotopic (exact) mass is 422 g/mol. The number of rotatable bonds is 3. The van der Waals surface area contributed by atoms with E-state index in [9.17, 15) is 19.7 Å². The van der Waals surface area contributed by atoms with Crippen LogP contribution in [0.25, 0.3) is 5.69 Å².